The van der Waals surface area contributed by atoms with Crippen LogP contribution in [0.3, 0.4) is 0 Å². The zero-order chi connectivity index (χ0) is 16.6. The van der Waals surface area contributed by atoms with Gasteiger partial charge in [-0.25, -0.2) is 0 Å². The van der Waals surface area contributed by atoms with Crippen molar-refractivity contribution in [3.63, 3.8) is 0 Å². The average Bonchev–Trinajstić information content (AvgIpc) is 2.62. The Labute approximate surface area is 148 Å². The summed E-state index contributed by atoms with van der Waals surface area (Å²) in [6, 6.07) is 3.15. The lowest BCUT2D eigenvalue weighted by atomic mass is 9.89. The molecule has 24 heavy (non-hydrogen) atoms. The maximum Gasteiger partial charge on any atom is 0.0221 e. The minimum absolute atomic E-state index is 0.541. The smallest absolute Gasteiger partial charge is 0.0221 e. The van der Waals surface area contributed by atoms with Crippen molar-refractivity contribution in [2.24, 2.45) is 0 Å². The van der Waals surface area contributed by atoms with Crippen molar-refractivity contribution in [3.05, 3.63) is 0 Å². The van der Waals surface area contributed by atoms with Gasteiger partial charge in [0.25, 0.3) is 0 Å². The first-order valence-electron chi connectivity index (χ1n) is 10.5. The molecular formula is C19H39N5. The molecule has 5 heteroatoms. The fourth-order valence-corrected chi connectivity index (χ4v) is 4.73. The van der Waals surface area contributed by atoms with Crippen molar-refractivity contribution in [2.75, 3.05) is 32.7 Å². The molecule has 0 aromatic carbocycles. The molecule has 0 aromatic rings. The van der Waals surface area contributed by atoms with E-state index in [9.17, 15) is 0 Å². The van der Waals surface area contributed by atoms with Crippen molar-refractivity contribution in [1.29, 1.82) is 0 Å². The summed E-state index contributed by atoms with van der Waals surface area (Å²) in [6.45, 7) is 7.73. The second kappa shape index (κ2) is 10.1. The summed E-state index contributed by atoms with van der Waals surface area (Å²) in [5, 5.41) is 19.0. The van der Waals surface area contributed by atoms with Crippen molar-refractivity contribution in [3.8, 4) is 0 Å². The Hall–Kier alpha value is -0.200. The highest BCUT2D eigenvalue weighted by Crippen LogP contribution is 2.19. The molecule has 0 aromatic heterocycles. The first-order chi connectivity index (χ1) is 11.8. The van der Waals surface area contributed by atoms with Crippen LogP contribution in [0.5, 0.6) is 0 Å². The SMILES string of the molecule is C[C@@H]1CNC2CCCCC2NCCNC2CCCCC2NCCN1. The molecule has 2 saturated carbocycles. The lowest BCUT2D eigenvalue weighted by molar-refractivity contribution is 0.269. The molecule has 3 fully saturated rings. The summed E-state index contributed by atoms with van der Waals surface area (Å²) in [7, 11) is 0. The predicted molar refractivity (Wildman–Crippen MR) is 102 cm³/mol. The van der Waals surface area contributed by atoms with Gasteiger partial charge >= 0.3 is 0 Å². The van der Waals surface area contributed by atoms with E-state index in [0.29, 0.717) is 30.2 Å². The third-order valence-electron chi connectivity index (χ3n) is 6.18. The fourth-order valence-electron chi connectivity index (χ4n) is 4.73. The van der Waals surface area contributed by atoms with Crippen LogP contribution in [0.1, 0.15) is 58.3 Å². The standard InChI is InChI=1S/C19H39N5/c1-15-14-24-19-9-5-4-8-18(19)23-13-12-22-17-7-3-2-6-16(17)21-11-10-20-15/h15-24H,2-14H2,1H3/t15-,16?,17?,18?,19?/m1/s1. The van der Waals surface area contributed by atoms with Gasteiger partial charge in [-0.1, -0.05) is 25.7 Å². The largest absolute Gasteiger partial charge is 0.312 e. The van der Waals surface area contributed by atoms with Crippen LogP contribution in [0, 0.1) is 0 Å². The number of nitrogens with one attached hydrogen (secondary N) is 5. The Balaban J connectivity index is 1.55. The van der Waals surface area contributed by atoms with E-state index in [4.69, 9.17) is 0 Å². The molecule has 5 atom stereocenters. The molecule has 1 heterocycles. The third-order valence-corrected chi connectivity index (χ3v) is 6.18. The molecule has 5 nitrogen and oxygen atoms in total. The predicted octanol–water partition coefficient (Wildman–Crippen LogP) is 0.959. The van der Waals surface area contributed by atoms with Gasteiger partial charge in [-0.3, -0.25) is 0 Å². The molecule has 3 rings (SSSR count). The van der Waals surface area contributed by atoms with E-state index < -0.39 is 0 Å². The van der Waals surface area contributed by atoms with E-state index in [1.165, 1.54) is 51.4 Å². The molecule has 0 bridgehead atoms. The summed E-state index contributed by atoms with van der Waals surface area (Å²) >= 11 is 0. The monoisotopic (exact) mass is 337 g/mol. The van der Waals surface area contributed by atoms with E-state index in [0.717, 1.165) is 32.7 Å². The Bertz CT molecular complexity index is 351. The molecule has 1 saturated heterocycles. The van der Waals surface area contributed by atoms with Gasteiger partial charge in [0.15, 0.2) is 0 Å². The Morgan fingerprint density at radius 1 is 0.500 bits per heavy atom. The van der Waals surface area contributed by atoms with Gasteiger partial charge in [0.2, 0.25) is 0 Å². The van der Waals surface area contributed by atoms with Gasteiger partial charge < -0.3 is 26.6 Å². The van der Waals surface area contributed by atoms with Gasteiger partial charge in [0.05, 0.1) is 0 Å². The second-order valence-corrected chi connectivity index (χ2v) is 8.12. The molecule has 1 aliphatic heterocycles. The maximum absolute atomic E-state index is 3.84. The number of hydrogen-bond acceptors (Lipinski definition) is 5. The van der Waals surface area contributed by atoms with E-state index in [-0.39, 0.29) is 0 Å². The Morgan fingerprint density at radius 3 is 1.33 bits per heavy atom. The molecular weight excluding hydrogens is 298 g/mol. The molecule has 3 aliphatic rings. The lowest BCUT2D eigenvalue weighted by Crippen LogP contribution is -2.54. The van der Waals surface area contributed by atoms with Crippen LogP contribution in [0.4, 0.5) is 0 Å². The van der Waals surface area contributed by atoms with Crippen LogP contribution < -0.4 is 26.6 Å². The topological polar surface area (TPSA) is 60.1 Å². The van der Waals surface area contributed by atoms with E-state index >= 15 is 0 Å². The zero-order valence-corrected chi connectivity index (χ0v) is 15.6. The third kappa shape index (κ3) is 5.67. The van der Waals surface area contributed by atoms with E-state index in [2.05, 4.69) is 33.5 Å². The van der Waals surface area contributed by atoms with Crippen molar-refractivity contribution < 1.29 is 0 Å². The Kier molecular flexibility index (Phi) is 7.80. The van der Waals surface area contributed by atoms with Crippen LogP contribution in [0.25, 0.3) is 0 Å². The molecule has 0 spiro atoms. The average molecular weight is 338 g/mol. The van der Waals surface area contributed by atoms with Gasteiger partial charge in [0.1, 0.15) is 0 Å². The van der Waals surface area contributed by atoms with Crippen LogP contribution in [0.2, 0.25) is 0 Å². The summed E-state index contributed by atoms with van der Waals surface area (Å²) < 4.78 is 0. The highest BCUT2D eigenvalue weighted by atomic mass is 15.1. The van der Waals surface area contributed by atoms with Crippen LogP contribution in [-0.2, 0) is 0 Å². The summed E-state index contributed by atoms with van der Waals surface area (Å²) in [5.74, 6) is 0. The molecule has 0 radical (unpaired) electrons. The molecule has 2 aliphatic carbocycles. The summed E-state index contributed by atoms with van der Waals surface area (Å²) in [4.78, 5) is 0. The van der Waals surface area contributed by atoms with E-state index in [1.54, 1.807) is 0 Å². The second-order valence-electron chi connectivity index (χ2n) is 8.12. The van der Waals surface area contributed by atoms with Gasteiger partial charge in [-0.05, 0) is 32.6 Å². The summed E-state index contributed by atoms with van der Waals surface area (Å²) in [6.07, 6.45) is 10.8. The lowest BCUT2D eigenvalue weighted by Gasteiger charge is -2.35. The normalized spacial score (nSPS) is 40.6. The molecule has 140 valence electrons. The van der Waals surface area contributed by atoms with Crippen molar-refractivity contribution >= 4 is 0 Å². The van der Waals surface area contributed by atoms with Gasteiger partial charge in [-0.15, -0.1) is 0 Å². The molecule has 0 amide bonds. The zero-order valence-electron chi connectivity index (χ0n) is 15.6. The first kappa shape index (κ1) is 18.6. The highest BCUT2D eigenvalue weighted by Gasteiger charge is 2.26. The first-order valence-corrected chi connectivity index (χ1v) is 10.5. The van der Waals surface area contributed by atoms with Crippen molar-refractivity contribution in [2.45, 2.75) is 88.5 Å². The molecule has 4 unspecified atom stereocenters. The fraction of sp³-hybridized carbons (Fsp3) is 1.00. The Morgan fingerprint density at radius 2 is 0.875 bits per heavy atom. The van der Waals surface area contributed by atoms with Crippen LogP contribution >= 0.6 is 0 Å². The van der Waals surface area contributed by atoms with Gasteiger partial charge in [0, 0.05) is 62.9 Å². The van der Waals surface area contributed by atoms with Crippen LogP contribution in [-0.4, -0.2) is 62.9 Å². The number of fused-ring (bicyclic) bond motifs is 2. The van der Waals surface area contributed by atoms with Crippen LogP contribution in [0.15, 0.2) is 0 Å². The minimum Gasteiger partial charge on any atom is -0.312 e. The minimum atomic E-state index is 0.541. The quantitative estimate of drug-likeness (QED) is 0.456. The summed E-state index contributed by atoms with van der Waals surface area (Å²) in [5.41, 5.74) is 0. The number of hydrogen-bond donors (Lipinski definition) is 5. The molecule has 5 N–H and O–H groups in total. The van der Waals surface area contributed by atoms with E-state index in [1.807, 2.05) is 0 Å². The maximum atomic E-state index is 3.84. The highest BCUT2D eigenvalue weighted by molar-refractivity contribution is 4.89. The van der Waals surface area contributed by atoms with Gasteiger partial charge in [-0.2, -0.15) is 0 Å². The number of rotatable bonds is 0. The van der Waals surface area contributed by atoms with Crippen molar-refractivity contribution in [1.82, 2.24) is 26.6 Å².